The lowest BCUT2D eigenvalue weighted by Gasteiger charge is -2.02. The van der Waals surface area contributed by atoms with Crippen molar-refractivity contribution >= 4 is 40.1 Å². The molecule has 1 aromatic heterocycles. The highest BCUT2D eigenvalue weighted by Crippen LogP contribution is 2.19. The molecule has 0 N–H and O–H groups in total. The van der Waals surface area contributed by atoms with E-state index in [2.05, 4.69) is 9.98 Å². The first-order chi connectivity index (χ1) is 8.74. The van der Waals surface area contributed by atoms with Crippen LogP contribution in [0.4, 0.5) is 4.39 Å². The average Bonchev–Trinajstić information content (AvgIpc) is 2.98. The monoisotopic (exact) mass is 274 g/mol. The summed E-state index contributed by atoms with van der Waals surface area (Å²) in [6.07, 6.45) is 0. The van der Waals surface area contributed by atoms with E-state index < -0.39 is 0 Å². The number of nitrogens with zero attached hydrogens (tertiary/aromatic N) is 2. The van der Waals surface area contributed by atoms with E-state index in [1.54, 1.807) is 23.5 Å². The number of thiocarbonyl (C=S) groups is 1. The van der Waals surface area contributed by atoms with Crippen molar-refractivity contribution in [3.8, 4) is 0 Å². The van der Waals surface area contributed by atoms with E-state index in [9.17, 15) is 4.39 Å². The molecule has 0 spiro atoms. The Bertz CT molecular complexity index is 655. The zero-order valence-corrected chi connectivity index (χ0v) is 10.8. The topological polar surface area (TPSA) is 24.7 Å². The summed E-state index contributed by atoms with van der Waals surface area (Å²) in [6, 6.07) is 10.1. The second-order valence-electron chi connectivity index (χ2n) is 3.69. The van der Waals surface area contributed by atoms with Gasteiger partial charge in [-0.15, -0.1) is 11.3 Å². The molecule has 0 aliphatic carbocycles. The minimum absolute atomic E-state index is 0.269. The van der Waals surface area contributed by atoms with E-state index in [0.29, 0.717) is 10.8 Å². The van der Waals surface area contributed by atoms with Gasteiger partial charge in [0, 0.05) is 5.56 Å². The summed E-state index contributed by atoms with van der Waals surface area (Å²) >= 11 is 6.61. The van der Waals surface area contributed by atoms with Gasteiger partial charge in [0.1, 0.15) is 17.2 Å². The van der Waals surface area contributed by atoms with Crippen molar-refractivity contribution < 1.29 is 4.39 Å². The quantitative estimate of drug-likeness (QED) is 0.770. The normalized spacial score (nSPS) is 14.6. The Hall–Kier alpha value is -1.72. The number of aliphatic imine (C=N–C) groups is 2. The predicted molar refractivity (Wildman–Crippen MR) is 76.4 cm³/mol. The molecule has 1 aromatic carbocycles. The lowest BCUT2D eigenvalue weighted by molar-refractivity contribution is 0.628. The van der Waals surface area contributed by atoms with Crippen LogP contribution in [0.1, 0.15) is 10.4 Å². The summed E-state index contributed by atoms with van der Waals surface area (Å²) in [4.78, 5) is 9.54. The zero-order valence-electron chi connectivity index (χ0n) is 9.13. The fourth-order valence-corrected chi connectivity index (χ4v) is 2.61. The van der Waals surface area contributed by atoms with Crippen molar-refractivity contribution in [2.75, 3.05) is 0 Å². The van der Waals surface area contributed by atoms with Crippen molar-refractivity contribution in [3.05, 3.63) is 58.0 Å². The highest BCUT2D eigenvalue weighted by Gasteiger charge is 2.21. The Morgan fingerprint density at radius 1 is 1.00 bits per heavy atom. The predicted octanol–water partition coefficient (Wildman–Crippen LogP) is 3.46. The van der Waals surface area contributed by atoms with Crippen LogP contribution in [0.15, 0.2) is 51.8 Å². The summed E-state index contributed by atoms with van der Waals surface area (Å²) in [5, 5.41) is 2.29. The third-order valence-corrected chi connectivity index (χ3v) is 3.57. The summed E-state index contributed by atoms with van der Waals surface area (Å²) in [6.45, 7) is 0. The molecule has 2 heterocycles. The Balaban J connectivity index is 2.06. The molecule has 0 saturated carbocycles. The van der Waals surface area contributed by atoms with Crippen LogP contribution in [0, 0.1) is 5.82 Å². The minimum atomic E-state index is -0.269. The Labute approximate surface area is 113 Å². The van der Waals surface area contributed by atoms with Crippen LogP contribution in [0.5, 0.6) is 0 Å². The van der Waals surface area contributed by atoms with Gasteiger partial charge in [0.05, 0.1) is 4.88 Å². The number of benzene rings is 1. The van der Waals surface area contributed by atoms with Crippen LogP contribution in [-0.2, 0) is 0 Å². The standard InChI is InChI=1S/C13H7FN2S2/c14-9-5-3-8(4-6-9)11-12(16-13(17)15-11)10-2-1-7-18-10/h1-7H. The molecule has 0 atom stereocenters. The van der Waals surface area contributed by atoms with Crippen LogP contribution in [0.2, 0.25) is 0 Å². The van der Waals surface area contributed by atoms with Gasteiger partial charge >= 0.3 is 0 Å². The Kier molecular flexibility index (Phi) is 2.85. The fourth-order valence-electron chi connectivity index (χ4n) is 1.72. The summed E-state index contributed by atoms with van der Waals surface area (Å²) in [5.41, 5.74) is 2.30. The fraction of sp³-hybridized carbons (Fsp3) is 0. The van der Waals surface area contributed by atoms with Crippen LogP contribution < -0.4 is 0 Å². The first kappa shape index (κ1) is 11.4. The highest BCUT2D eigenvalue weighted by atomic mass is 32.1. The summed E-state index contributed by atoms with van der Waals surface area (Å²) in [5.74, 6) is -0.269. The van der Waals surface area contributed by atoms with E-state index in [1.165, 1.54) is 12.1 Å². The SMILES string of the molecule is Fc1ccc(C2=NC(=S)N=C2c2cccs2)cc1. The Morgan fingerprint density at radius 2 is 1.72 bits per heavy atom. The number of hydrogen-bond donors (Lipinski definition) is 0. The van der Waals surface area contributed by atoms with Crippen LogP contribution in [-0.4, -0.2) is 16.5 Å². The maximum atomic E-state index is 12.9. The van der Waals surface area contributed by atoms with Crippen LogP contribution in [0.3, 0.4) is 0 Å². The number of thiophene rings is 1. The molecule has 0 radical (unpaired) electrons. The van der Waals surface area contributed by atoms with Crippen molar-refractivity contribution in [1.82, 2.24) is 0 Å². The van der Waals surface area contributed by atoms with Crippen molar-refractivity contribution in [2.24, 2.45) is 9.98 Å². The van der Waals surface area contributed by atoms with Crippen molar-refractivity contribution in [1.29, 1.82) is 0 Å². The van der Waals surface area contributed by atoms with Gasteiger partial charge in [-0.25, -0.2) is 14.4 Å². The van der Waals surface area contributed by atoms with E-state index >= 15 is 0 Å². The second-order valence-corrected chi connectivity index (χ2v) is 5.00. The lowest BCUT2D eigenvalue weighted by Crippen LogP contribution is -2.12. The van der Waals surface area contributed by atoms with Crippen LogP contribution in [0.25, 0.3) is 0 Å². The van der Waals surface area contributed by atoms with Gasteiger partial charge in [-0.2, -0.15) is 0 Å². The van der Waals surface area contributed by atoms with E-state index in [4.69, 9.17) is 12.2 Å². The van der Waals surface area contributed by atoms with E-state index in [0.717, 1.165) is 16.2 Å². The first-order valence-electron chi connectivity index (χ1n) is 5.25. The van der Waals surface area contributed by atoms with Crippen molar-refractivity contribution in [2.45, 2.75) is 0 Å². The molecule has 1 aliphatic rings. The average molecular weight is 274 g/mol. The van der Waals surface area contributed by atoms with Gasteiger partial charge in [-0.05, 0) is 47.9 Å². The van der Waals surface area contributed by atoms with E-state index in [1.807, 2.05) is 17.5 Å². The first-order valence-corrected chi connectivity index (χ1v) is 6.54. The van der Waals surface area contributed by atoms with Crippen molar-refractivity contribution in [3.63, 3.8) is 0 Å². The molecule has 18 heavy (non-hydrogen) atoms. The zero-order chi connectivity index (χ0) is 12.5. The molecular weight excluding hydrogens is 267 g/mol. The largest absolute Gasteiger partial charge is 0.220 e. The maximum Gasteiger partial charge on any atom is 0.220 e. The highest BCUT2D eigenvalue weighted by molar-refractivity contribution is 7.80. The van der Waals surface area contributed by atoms with Crippen LogP contribution >= 0.6 is 23.6 Å². The molecule has 2 nitrogen and oxygen atoms in total. The van der Waals surface area contributed by atoms with Gasteiger partial charge in [-0.1, -0.05) is 6.07 Å². The molecule has 88 valence electrons. The van der Waals surface area contributed by atoms with E-state index in [-0.39, 0.29) is 5.82 Å². The van der Waals surface area contributed by atoms with Gasteiger partial charge in [0.25, 0.3) is 0 Å². The number of halogens is 1. The molecule has 0 amide bonds. The molecule has 1 aliphatic heterocycles. The number of hydrogen-bond acceptors (Lipinski definition) is 2. The third-order valence-electron chi connectivity index (χ3n) is 2.51. The number of rotatable bonds is 2. The van der Waals surface area contributed by atoms with Gasteiger partial charge in [-0.3, -0.25) is 0 Å². The van der Waals surface area contributed by atoms with Gasteiger partial charge in [0.2, 0.25) is 5.11 Å². The molecule has 0 unspecified atom stereocenters. The summed E-state index contributed by atoms with van der Waals surface area (Å²) < 4.78 is 12.9. The second kappa shape index (κ2) is 4.51. The van der Waals surface area contributed by atoms with Gasteiger partial charge < -0.3 is 0 Å². The Morgan fingerprint density at radius 3 is 2.39 bits per heavy atom. The molecular formula is C13H7FN2S2. The molecule has 0 saturated heterocycles. The maximum absolute atomic E-state index is 12.9. The molecule has 0 fully saturated rings. The molecule has 5 heteroatoms. The molecule has 3 rings (SSSR count). The van der Waals surface area contributed by atoms with Gasteiger partial charge in [0.15, 0.2) is 0 Å². The summed E-state index contributed by atoms with van der Waals surface area (Å²) in [7, 11) is 0. The third kappa shape index (κ3) is 2.02. The minimum Gasteiger partial charge on any atom is -0.216 e. The molecule has 2 aromatic rings. The smallest absolute Gasteiger partial charge is 0.216 e. The molecule has 0 bridgehead atoms. The lowest BCUT2D eigenvalue weighted by atomic mass is 10.1.